The minimum absolute atomic E-state index is 0.00771. The van der Waals surface area contributed by atoms with Crippen LogP contribution in [0.4, 0.5) is 61.5 Å². The number of nitrogens with zero attached hydrogens (tertiary/aromatic N) is 10. The number of ether oxygens (including phenoxy) is 6. The fraction of sp³-hybridized carbons (Fsp3) is 0.536. The van der Waals surface area contributed by atoms with Crippen molar-refractivity contribution < 1.29 is 89.9 Å². The highest BCUT2D eigenvalue weighted by atomic mass is 35.5. The van der Waals surface area contributed by atoms with Crippen LogP contribution >= 0.6 is 11.6 Å². The molecule has 38 heteroatoms. The van der Waals surface area contributed by atoms with Crippen LogP contribution in [0.25, 0.3) is 56.0 Å². The number of hydrogen-bond donors (Lipinski definition) is 7. The quantitative estimate of drug-likeness (QED) is 0.0138. The first-order chi connectivity index (χ1) is 63.4. The van der Waals surface area contributed by atoms with Crippen molar-refractivity contribution in [1.82, 2.24) is 75.5 Å². The summed E-state index contributed by atoms with van der Waals surface area (Å²) in [7, 11) is 11.3. The summed E-state index contributed by atoms with van der Waals surface area (Å²) in [6.07, 6.45) is 4.16. The SMILES string of the molecule is CC(C)Oc1cc(C(C)(F)F)cc(-c2[nH]ncc2CN(C)CCN)c1F.CCCCN(C)Cc1cn[nH]c1-c1ccc(OCC(C)C)c(C(C)(F)F)c1F.CCCCN(C)Cc1cn[nH]c1-c1ccc(OCCC(C)C)c(C(F)(F)F)c1C.CCCN(C)Cc1[nH]ncc1-c1cc(C(F)(F)F)c(OC(C)C)cc1Cl.COCCOc1ccc(C(C)(F)F)cc1-c1cn[nH]c1CN(C)CCN. The molecule has 10 rings (SSSR count). The molecule has 0 aliphatic heterocycles. The second-order valence-electron chi connectivity index (χ2n) is 35.2. The van der Waals surface area contributed by atoms with Crippen molar-refractivity contribution in [3.05, 3.63) is 176 Å². The van der Waals surface area contributed by atoms with Gasteiger partial charge in [-0.05, 0) is 193 Å². The topological polar surface area (TPSA) is 267 Å². The van der Waals surface area contributed by atoms with Crippen LogP contribution in [0.5, 0.6) is 28.7 Å². The molecule has 0 aliphatic carbocycles. The third kappa shape index (κ3) is 35.0. The van der Waals surface area contributed by atoms with Gasteiger partial charge in [0.05, 0.1) is 108 Å². The van der Waals surface area contributed by atoms with Crippen LogP contribution in [-0.4, -0.2) is 202 Å². The van der Waals surface area contributed by atoms with Gasteiger partial charge >= 0.3 is 12.4 Å². The number of alkyl halides is 12. The number of unbranched alkanes of at least 4 members (excludes halogenated alkanes) is 2. The van der Waals surface area contributed by atoms with Gasteiger partial charge in [-0.2, -0.15) is 51.8 Å². The maximum Gasteiger partial charge on any atom is 0.420 e. The molecule has 0 atom stereocenters. The molecule has 0 fully saturated rings. The molecule has 23 nitrogen and oxygen atoms in total. The lowest BCUT2D eigenvalue weighted by Gasteiger charge is -2.20. The monoisotopic (exact) mass is 1940 g/mol. The summed E-state index contributed by atoms with van der Waals surface area (Å²) in [6.45, 7) is 33.7. The largest absolute Gasteiger partial charge is 0.493 e. The van der Waals surface area contributed by atoms with E-state index in [0.29, 0.717) is 142 Å². The van der Waals surface area contributed by atoms with Crippen molar-refractivity contribution in [1.29, 1.82) is 0 Å². The van der Waals surface area contributed by atoms with E-state index in [4.69, 9.17) is 51.5 Å². The van der Waals surface area contributed by atoms with E-state index in [1.54, 1.807) is 71.7 Å². The average Bonchev–Trinajstić information content (AvgIpc) is 1.78. The normalized spacial score (nSPS) is 12.2. The molecule has 9 N–H and O–H groups in total. The highest BCUT2D eigenvalue weighted by Crippen LogP contribution is 2.48. The molecule has 0 radical (unpaired) electrons. The van der Waals surface area contributed by atoms with Gasteiger partial charge in [-0.25, -0.2) is 35.1 Å². The molecule has 0 aliphatic rings. The Bertz CT molecular complexity index is 5210. The molecule has 0 saturated heterocycles. The summed E-state index contributed by atoms with van der Waals surface area (Å²) in [5.74, 6) is -10.8. The third-order valence-electron chi connectivity index (χ3n) is 21.0. The van der Waals surface area contributed by atoms with Crippen LogP contribution in [0.2, 0.25) is 5.02 Å². The zero-order chi connectivity index (χ0) is 101. The molecule has 750 valence electrons. The predicted octanol–water partition coefficient (Wildman–Crippen LogP) is 23.1. The summed E-state index contributed by atoms with van der Waals surface area (Å²) < 4.78 is 229. The predicted molar refractivity (Wildman–Crippen MR) is 503 cm³/mol. The summed E-state index contributed by atoms with van der Waals surface area (Å²) in [6, 6.07) is 14.9. The molecule has 0 spiro atoms. The first-order valence-electron chi connectivity index (χ1n) is 45.2. The number of aromatic nitrogens is 10. The second-order valence-corrected chi connectivity index (χ2v) is 35.6. The molecular formula is C97H136ClF14N17O6. The number of rotatable bonds is 45. The fourth-order valence-corrected chi connectivity index (χ4v) is 14.5. The smallest absolute Gasteiger partial charge is 0.420 e. The highest BCUT2D eigenvalue weighted by Gasteiger charge is 2.40. The molecule has 5 aromatic carbocycles. The van der Waals surface area contributed by atoms with Crippen molar-refractivity contribution in [3.63, 3.8) is 0 Å². The lowest BCUT2D eigenvalue weighted by molar-refractivity contribution is -0.140. The van der Waals surface area contributed by atoms with Crippen molar-refractivity contribution in [2.45, 2.75) is 217 Å². The maximum absolute atomic E-state index is 15.2. The highest BCUT2D eigenvalue weighted by molar-refractivity contribution is 6.33. The first kappa shape index (κ1) is 114. The minimum atomic E-state index is -4.55. The molecular weight excluding hydrogens is 1800 g/mol. The minimum Gasteiger partial charge on any atom is -0.493 e. The molecule has 0 unspecified atom stereocenters. The van der Waals surface area contributed by atoms with Gasteiger partial charge < -0.3 is 59.5 Å². The Morgan fingerprint density at radius 3 is 1.31 bits per heavy atom. The number of H-pyrrole nitrogens is 5. The first-order valence-corrected chi connectivity index (χ1v) is 45.5. The van der Waals surface area contributed by atoms with Gasteiger partial charge in [0.1, 0.15) is 41.0 Å². The average molecular weight is 1940 g/mol. The number of methoxy groups -OCH3 is 1. The summed E-state index contributed by atoms with van der Waals surface area (Å²) in [5, 5.41) is 34.5. The number of benzene rings is 5. The summed E-state index contributed by atoms with van der Waals surface area (Å²) in [5.41, 5.74) is 16.6. The van der Waals surface area contributed by atoms with Crippen LogP contribution < -0.4 is 35.2 Å². The van der Waals surface area contributed by atoms with Crippen LogP contribution in [0.15, 0.2) is 97.7 Å². The number of hydrogen-bond acceptors (Lipinski definition) is 18. The summed E-state index contributed by atoms with van der Waals surface area (Å²) in [4.78, 5) is 10.3. The van der Waals surface area contributed by atoms with Gasteiger partial charge in [-0.1, -0.05) is 72.9 Å². The van der Waals surface area contributed by atoms with Crippen molar-refractivity contribution in [3.8, 4) is 84.8 Å². The molecule has 5 heterocycles. The van der Waals surface area contributed by atoms with Gasteiger partial charge in [0.25, 0.3) is 17.8 Å². The van der Waals surface area contributed by atoms with Crippen LogP contribution in [0.1, 0.15) is 197 Å². The fourth-order valence-electron chi connectivity index (χ4n) is 14.3. The van der Waals surface area contributed by atoms with Gasteiger partial charge in [-0.3, -0.25) is 30.4 Å². The molecule has 0 amide bonds. The van der Waals surface area contributed by atoms with E-state index in [9.17, 15) is 57.1 Å². The number of nitrogens with two attached hydrogens (primary N) is 2. The maximum atomic E-state index is 15.2. The number of halogens is 15. The summed E-state index contributed by atoms with van der Waals surface area (Å²) >= 11 is 6.29. The Kier molecular flexibility index (Phi) is 44.9. The lowest BCUT2D eigenvalue weighted by Crippen LogP contribution is -2.25. The van der Waals surface area contributed by atoms with Crippen molar-refractivity contribution in [2.24, 2.45) is 23.3 Å². The van der Waals surface area contributed by atoms with E-state index in [-0.39, 0.29) is 86.6 Å². The Morgan fingerprint density at radius 2 is 0.852 bits per heavy atom. The van der Waals surface area contributed by atoms with E-state index >= 15 is 4.39 Å². The number of likely N-dealkylation sites (N-methyl/N-ethyl adjacent to an activating group) is 2. The molecule has 135 heavy (non-hydrogen) atoms. The lowest BCUT2D eigenvalue weighted by atomic mass is 9.96. The third-order valence-corrected chi connectivity index (χ3v) is 21.3. The van der Waals surface area contributed by atoms with E-state index in [1.165, 1.54) is 49.5 Å². The number of nitrogens with one attached hydrogen (secondary N) is 5. The molecule has 10 aromatic rings. The van der Waals surface area contributed by atoms with Gasteiger partial charge in [0.15, 0.2) is 11.6 Å². The number of aromatic amines is 5. The molecule has 0 saturated carbocycles. The Morgan fingerprint density at radius 1 is 0.407 bits per heavy atom. The van der Waals surface area contributed by atoms with Crippen LogP contribution in [0.3, 0.4) is 0 Å². The van der Waals surface area contributed by atoms with E-state index < -0.39 is 64.5 Å². The van der Waals surface area contributed by atoms with Crippen molar-refractivity contribution in [2.75, 3.05) is 115 Å². The van der Waals surface area contributed by atoms with Gasteiger partial charge in [0, 0.05) is 160 Å². The van der Waals surface area contributed by atoms with E-state index in [0.717, 1.165) is 106 Å². The second kappa shape index (κ2) is 53.2. The standard InChI is InChI=1S/C22H32F3N3O.C21H30F3N3O.C18H23ClF3N3O.C18H25F3N4O.C18H26F2N4O2/c1-6-7-11-28(5)14-17-13-26-27-21(17)18-8-9-19(29-12-10-15(2)3)20(16(18)4)22(23,24)25;1-6-7-10-27(5)12-15-11-25-26-20(15)16-8-9-17(28-13-14(2)3)18(19(16)22)21(4,23)24;1-5-6-25(4)10-16-13(9-23-24-16)12-7-14(18(20,21)22)17(8-15(12)19)26-11(2)3;1-11(2)26-15-8-13(18(3,20)21)7-14(16(15)19)17-12(9-23-24-17)10-25(4)6-5-22;1-18(19,20)13-4-5-17(26-9-8-25-3)14(10-13)15-11-22-23-16(15)12-24(2)7-6-21/h8-9,13,15H,6-7,10-12,14H2,1-5H3,(H,26,27);8-9,11,14H,6-7,10,12-13H2,1-5H3,(H,25,26);7-9,11H,5-6,10H2,1-4H3,(H,23,24);7-9,11H,5-6,10,22H2,1-4H3,(H,23,24);4-5,10-11H,6-9,12,21H2,1-3H3,(H,22,23). The zero-order valence-corrected chi connectivity index (χ0v) is 82.1. The van der Waals surface area contributed by atoms with Crippen molar-refractivity contribution >= 4 is 11.6 Å². The van der Waals surface area contributed by atoms with Crippen LogP contribution in [0, 0.1) is 30.4 Å². The Balaban J connectivity index is 0.000000259. The molecule has 5 aromatic heterocycles. The van der Waals surface area contributed by atoms with Gasteiger partial charge in [-0.15, -0.1) is 0 Å². The van der Waals surface area contributed by atoms with E-state index in [1.807, 2.05) is 72.7 Å². The Labute approximate surface area is 789 Å². The van der Waals surface area contributed by atoms with Gasteiger partial charge in [0.2, 0.25) is 0 Å². The molecule has 0 bridgehead atoms. The van der Waals surface area contributed by atoms with Crippen LogP contribution in [-0.2, 0) is 67.6 Å². The Hall–Kier alpha value is -9.86. The zero-order valence-electron chi connectivity index (χ0n) is 81.3. The van der Waals surface area contributed by atoms with E-state index in [2.05, 4.69) is 86.5 Å².